The molecule has 2 aromatic rings. The summed E-state index contributed by atoms with van der Waals surface area (Å²) >= 11 is 0. The largest absolute Gasteiger partial charge is 0.449 e. The SMILES string of the molecule is CC(=O)NS(=O)(=O)c1ccc(NC(=O)C(C)OC(=O)c2cccnc2)cc1. The van der Waals surface area contributed by atoms with Crippen molar-refractivity contribution in [3.05, 3.63) is 54.4 Å². The first kappa shape index (κ1) is 20.0. The summed E-state index contributed by atoms with van der Waals surface area (Å²) in [7, 11) is -3.96. The molecule has 0 saturated heterocycles. The predicted molar refractivity (Wildman–Crippen MR) is 95.2 cm³/mol. The molecule has 0 saturated carbocycles. The highest BCUT2D eigenvalue weighted by atomic mass is 32.2. The molecule has 0 aliphatic heterocycles. The number of hydrogen-bond donors (Lipinski definition) is 2. The second kappa shape index (κ2) is 8.41. The number of benzene rings is 1. The van der Waals surface area contributed by atoms with E-state index in [1.165, 1.54) is 49.6 Å². The Balaban J connectivity index is 1.99. The van der Waals surface area contributed by atoms with Crippen LogP contribution in [-0.4, -0.2) is 37.3 Å². The first-order valence-electron chi connectivity index (χ1n) is 7.74. The second-order valence-electron chi connectivity index (χ2n) is 5.46. The van der Waals surface area contributed by atoms with Crippen molar-refractivity contribution in [3.8, 4) is 0 Å². The van der Waals surface area contributed by atoms with Crippen molar-refractivity contribution >= 4 is 33.5 Å². The van der Waals surface area contributed by atoms with E-state index in [0.717, 1.165) is 6.92 Å². The number of nitrogens with zero attached hydrogens (tertiary/aromatic N) is 1. The standard InChI is InChI=1S/C17H17N3O6S/c1-11(26-17(23)13-4-3-9-18-10-13)16(22)19-14-5-7-15(8-6-14)27(24,25)20-12(2)21/h3-11H,1-2H3,(H,19,22)(H,20,21). The van der Waals surface area contributed by atoms with Crippen molar-refractivity contribution < 1.29 is 27.5 Å². The quantitative estimate of drug-likeness (QED) is 0.705. The fourth-order valence-electron chi connectivity index (χ4n) is 1.98. The molecule has 0 fully saturated rings. The summed E-state index contributed by atoms with van der Waals surface area (Å²) in [4.78, 5) is 38.6. The van der Waals surface area contributed by atoms with E-state index >= 15 is 0 Å². The van der Waals surface area contributed by atoms with Gasteiger partial charge in [-0.25, -0.2) is 17.9 Å². The van der Waals surface area contributed by atoms with Crippen molar-refractivity contribution in [3.63, 3.8) is 0 Å². The maximum Gasteiger partial charge on any atom is 0.340 e. The van der Waals surface area contributed by atoms with Crippen LogP contribution in [0.4, 0.5) is 5.69 Å². The molecule has 27 heavy (non-hydrogen) atoms. The van der Waals surface area contributed by atoms with Crippen LogP contribution in [0.3, 0.4) is 0 Å². The Hall–Kier alpha value is -3.27. The third-order valence-electron chi connectivity index (χ3n) is 3.26. The van der Waals surface area contributed by atoms with Gasteiger partial charge in [-0.2, -0.15) is 0 Å². The normalized spacial score (nSPS) is 11.9. The molecule has 0 aliphatic rings. The number of carbonyl (C=O) groups is 3. The lowest BCUT2D eigenvalue weighted by molar-refractivity contribution is -0.123. The van der Waals surface area contributed by atoms with Crippen LogP contribution in [0.25, 0.3) is 0 Å². The summed E-state index contributed by atoms with van der Waals surface area (Å²) in [6.45, 7) is 2.49. The summed E-state index contributed by atoms with van der Waals surface area (Å²) in [5.41, 5.74) is 0.510. The van der Waals surface area contributed by atoms with Crippen molar-refractivity contribution in [2.24, 2.45) is 0 Å². The number of esters is 1. The summed E-state index contributed by atoms with van der Waals surface area (Å²) in [6, 6.07) is 8.23. The minimum atomic E-state index is -3.96. The number of rotatable bonds is 6. The Kier molecular flexibility index (Phi) is 6.24. The van der Waals surface area contributed by atoms with Gasteiger partial charge in [-0.3, -0.25) is 14.6 Å². The fourth-order valence-corrected chi connectivity index (χ4v) is 2.97. The van der Waals surface area contributed by atoms with E-state index in [0.29, 0.717) is 5.69 Å². The van der Waals surface area contributed by atoms with Crippen LogP contribution in [0.2, 0.25) is 0 Å². The zero-order chi connectivity index (χ0) is 20.0. The average Bonchev–Trinajstić information content (AvgIpc) is 2.61. The number of hydrogen-bond acceptors (Lipinski definition) is 7. The molecule has 2 rings (SSSR count). The molecule has 2 N–H and O–H groups in total. The molecular formula is C17H17N3O6S. The van der Waals surface area contributed by atoms with Crippen LogP contribution < -0.4 is 10.0 Å². The third kappa shape index (κ3) is 5.61. The molecule has 10 heteroatoms. The van der Waals surface area contributed by atoms with Gasteiger partial charge in [0.05, 0.1) is 10.5 Å². The molecule has 1 unspecified atom stereocenters. The van der Waals surface area contributed by atoms with E-state index < -0.39 is 33.9 Å². The average molecular weight is 391 g/mol. The molecular weight excluding hydrogens is 374 g/mol. The molecule has 0 spiro atoms. The zero-order valence-corrected chi connectivity index (χ0v) is 15.3. The van der Waals surface area contributed by atoms with Gasteiger partial charge in [0.15, 0.2) is 6.10 Å². The van der Waals surface area contributed by atoms with Gasteiger partial charge >= 0.3 is 5.97 Å². The molecule has 142 valence electrons. The van der Waals surface area contributed by atoms with Crippen LogP contribution >= 0.6 is 0 Å². The number of ether oxygens (including phenoxy) is 1. The van der Waals surface area contributed by atoms with Crippen molar-refractivity contribution in [2.45, 2.75) is 24.8 Å². The topological polar surface area (TPSA) is 132 Å². The molecule has 1 atom stereocenters. The molecule has 0 aliphatic carbocycles. The predicted octanol–water partition coefficient (Wildman–Crippen LogP) is 1.09. The smallest absolute Gasteiger partial charge is 0.340 e. The van der Waals surface area contributed by atoms with E-state index in [9.17, 15) is 22.8 Å². The number of nitrogens with one attached hydrogen (secondary N) is 2. The van der Waals surface area contributed by atoms with Crippen LogP contribution in [0.15, 0.2) is 53.7 Å². The first-order chi connectivity index (χ1) is 12.7. The lowest BCUT2D eigenvalue weighted by Gasteiger charge is -2.13. The minimum absolute atomic E-state index is 0.133. The van der Waals surface area contributed by atoms with E-state index in [1.54, 1.807) is 6.07 Å². The summed E-state index contributed by atoms with van der Waals surface area (Å²) in [5.74, 6) is -2.00. The van der Waals surface area contributed by atoms with Gasteiger partial charge in [0, 0.05) is 25.0 Å². The Labute approximate surface area is 155 Å². The number of amides is 2. The molecule has 1 heterocycles. The van der Waals surface area contributed by atoms with Gasteiger partial charge in [-0.05, 0) is 43.3 Å². The van der Waals surface area contributed by atoms with Crippen LogP contribution in [0.1, 0.15) is 24.2 Å². The Morgan fingerprint density at radius 1 is 1.11 bits per heavy atom. The first-order valence-corrected chi connectivity index (χ1v) is 9.22. The molecule has 1 aromatic heterocycles. The maximum atomic E-state index is 12.1. The van der Waals surface area contributed by atoms with E-state index in [1.807, 2.05) is 4.72 Å². The van der Waals surface area contributed by atoms with Gasteiger partial charge in [0.25, 0.3) is 15.9 Å². The van der Waals surface area contributed by atoms with Crippen LogP contribution in [0.5, 0.6) is 0 Å². The van der Waals surface area contributed by atoms with Crippen molar-refractivity contribution in [1.29, 1.82) is 0 Å². The highest BCUT2D eigenvalue weighted by Crippen LogP contribution is 2.15. The van der Waals surface area contributed by atoms with Gasteiger partial charge in [0.2, 0.25) is 5.91 Å². The fraction of sp³-hybridized carbons (Fsp3) is 0.176. The molecule has 1 aromatic carbocycles. The van der Waals surface area contributed by atoms with Gasteiger partial charge in [-0.1, -0.05) is 0 Å². The van der Waals surface area contributed by atoms with Gasteiger partial charge in [0.1, 0.15) is 0 Å². The molecule has 9 nitrogen and oxygen atoms in total. The number of carbonyl (C=O) groups excluding carboxylic acids is 3. The Morgan fingerprint density at radius 3 is 2.33 bits per heavy atom. The van der Waals surface area contributed by atoms with Crippen molar-refractivity contribution in [1.82, 2.24) is 9.71 Å². The Morgan fingerprint density at radius 2 is 1.78 bits per heavy atom. The summed E-state index contributed by atoms with van der Waals surface area (Å²) in [5, 5.41) is 2.50. The van der Waals surface area contributed by atoms with E-state index in [2.05, 4.69) is 10.3 Å². The minimum Gasteiger partial charge on any atom is -0.449 e. The van der Waals surface area contributed by atoms with Crippen LogP contribution in [0, 0.1) is 0 Å². The highest BCUT2D eigenvalue weighted by Gasteiger charge is 2.20. The van der Waals surface area contributed by atoms with Gasteiger partial charge < -0.3 is 10.1 Å². The monoisotopic (exact) mass is 391 g/mol. The number of pyridine rings is 1. The number of sulfonamides is 1. The van der Waals surface area contributed by atoms with Crippen LogP contribution in [-0.2, 0) is 24.3 Å². The van der Waals surface area contributed by atoms with E-state index in [-0.39, 0.29) is 10.5 Å². The maximum absolute atomic E-state index is 12.1. The molecule has 0 bridgehead atoms. The third-order valence-corrected chi connectivity index (χ3v) is 4.71. The molecule has 2 amide bonds. The Bertz CT molecular complexity index is 942. The second-order valence-corrected chi connectivity index (χ2v) is 7.15. The highest BCUT2D eigenvalue weighted by molar-refractivity contribution is 7.90. The van der Waals surface area contributed by atoms with E-state index in [4.69, 9.17) is 4.74 Å². The van der Waals surface area contributed by atoms with Gasteiger partial charge in [-0.15, -0.1) is 0 Å². The zero-order valence-electron chi connectivity index (χ0n) is 14.5. The lowest BCUT2D eigenvalue weighted by atomic mass is 10.2. The number of anilines is 1. The number of aromatic nitrogens is 1. The summed E-state index contributed by atoms with van der Waals surface area (Å²) < 4.78 is 30.6. The van der Waals surface area contributed by atoms with Crippen molar-refractivity contribution in [2.75, 3.05) is 5.32 Å². The lowest BCUT2D eigenvalue weighted by Crippen LogP contribution is -2.30. The summed E-state index contributed by atoms with van der Waals surface area (Å²) in [6.07, 6.45) is 1.74. The molecule has 0 radical (unpaired) electrons.